The van der Waals surface area contributed by atoms with Gasteiger partial charge in [-0.25, -0.2) is 0 Å². The van der Waals surface area contributed by atoms with E-state index in [1.54, 1.807) is 7.11 Å². The Balaban J connectivity index is 2.11. The zero-order valence-electron chi connectivity index (χ0n) is 12.0. The molecule has 0 radical (unpaired) electrons. The van der Waals surface area contributed by atoms with Crippen molar-refractivity contribution in [3.05, 3.63) is 23.8 Å². The van der Waals surface area contributed by atoms with Crippen LogP contribution >= 0.6 is 0 Å². The van der Waals surface area contributed by atoms with E-state index < -0.39 is 0 Å². The fourth-order valence-electron chi connectivity index (χ4n) is 3.01. The van der Waals surface area contributed by atoms with Gasteiger partial charge in [-0.3, -0.25) is 0 Å². The Morgan fingerprint density at radius 1 is 1.22 bits per heavy atom. The van der Waals surface area contributed by atoms with Gasteiger partial charge in [0.1, 0.15) is 5.75 Å². The van der Waals surface area contributed by atoms with Gasteiger partial charge < -0.3 is 10.1 Å². The van der Waals surface area contributed by atoms with Gasteiger partial charge in [0.2, 0.25) is 0 Å². The molecular formula is C16H25NO. The van der Waals surface area contributed by atoms with Gasteiger partial charge in [0, 0.05) is 6.04 Å². The molecule has 0 aromatic heterocycles. The first-order valence-corrected chi connectivity index (χ1v) is 7.01. The van der Waals surface area contributed by atoms with Crippen LogP contribution in [0.4, 0.5) is 5.69 Å². The minimum Gasteiger partial charge on any atom is -0.495 e. The van der Waals surface area contributed by atoms with E-state index in [-0.39, 0.29) is 0 Å². The van der Waals surface area contributed by atoms with Gasteiger partial charge in [0.25, 0.3) is 0 Å². The van der Waals surface area contributed by atoms with E-state index in [2.05, 4.69) is 38.2 Å². The van der Waals surface area contributed by atoms with E-state index in [4.69, 9.17) is 4.74 Å². The average Bonchev–Trinajstić information content (AvgIpc) is 2.33. The Morgan fingerprint density at radius 2 is 2.00 bits per heavy atom. The lowest BCUT2D eigenvalue weighted by molar-refractivity contribution is 0.276. The highest BCUT2D eigenvalue weighted by atomic mass is 16.5. The van der Waals surface area contributed by atoms with Gasteiger partial charge in [-0.15, -0.1) is 0 Å². The lowest BCUT2D eigenvalue weighted by Crippen LogP contribution is -2.33. The largest absolute Gasteiger partial charge is 0.495 e. The molecule has 0 amide bonds. The fourth-order valence-corrected chi connectivity index (χ4v) is 3.01. The van der Waals surface area contributed by atoms with Gasteiger partial charge in [-0.2, -0.15) is 0 Å². The third kappa shape index (κ3) is 2.98. The number of anilines is 1. The van der Waals surface area contributed by atoms with Crippen molar-refractivity contribution in [3.8, 4) is 5.75 Å². The second-order valence-corrected chi connectivity index (χ2v) is 5.85. The van der Waals surface area contributed by atoms with E-state index in [1.807, 2.05) is 6.07 Å². The van der Waals surface area contributed by atoms with Gasteiger partial charge in [-0.05, 0) is 55.7 Å². The number of nitrogens with one attached hydrogen (secondary N) is 1. The van der Waals surface area contributed by atoms with Crippen LogP contribution in [-0.4, -0.2) is 13.2 Å². The van der Waals surface area contributed by atoms with Crippen molar-refractivity contribution >= 4 is 5.69 Å². The molecule has 1 aliphatic carbocycles. The maximum atomic E-state index is 5.44. The van der Waals surface area contributed by atoms with Crippen LogP contribution in [0.2, 0.25) is 0 Å². The highest BCUT2D eigenvalue weighted by Crippen LogP contribution is 2.33. The van der Waals surface area contributed by atoms with Gasteiger partial charge in [0.15, 0.2) is 0 Å². The molecular weight excluding hydrogens is 222 g/mol. The molecule has 3 unspecified atom stereocenters. The molecule has 0 heterocycles. The number of benzene rings is 1. The molecule has 1 N–H and O–H groups in total. The Morgan fingerprint density at radius 3 is 2.67 bits per heavy atom. The van der Waals surface area contributed by atoms with E-state index in [1.165, 1.54) is 24.8 Å². The monoisotopic (exact) mass is 247 g/mol. The predicted molar refractivity (Wildman–Crippen MR) is 77.3 cm³/mol. The van der Waals surface area contributed by atoms with E-state index >= 15 is 0 Å². The molecule has 100 valence electrons. The van der Waals surface area contributed by atoms with Crippen molar-refractivity contribution in [3.63, 3.8) is 0 Å². The molecule has 1 fully saturated rings. The molecule has 1 saturated carbocycles. The topological polar surface area (TPSA) is 21.3 Å². The maximum absolute atomic E-state index is 5.44. The summed E-state index contributed by atoms with van der Waals surface area (Å²) in [6, 6.07) is 6.91. The Hall–Kier alpha value is -1.18. The van der Waals surface area contributed by atoms with E-state index in [0.29, 0.717) is 6.04 Å². The fraction of sp³-hybridized carbons (Fsp3) is 0.625. The van der Waals surface area contributed by atoms with E-state index in [9.17, 15) is 0 Å². The van der Waals surface area contributed by atoms with Crippen molar-refractivity contribution in [1.29, 1.82) is 0 Å². The summed E-state index contributed by atoms with van der Waals surface area (Å²) in [4.78, 5) is 0. The maximum Gasteiger partial charge on any atom is 0.141 e. The first kappa shape index (κ1) is 13.3. The zero-order valence-corrected chi connectivity index (χ0v) is 12.0. The quantitative estimate of drug-likeness (QED) is 0.862. The minimum atomic E-state index is 0.580. The average molecular weight is 247 g/mol. The van der Waals surface area contributed by atoms with Crippen LogP contribution in [-0.2, 0) is 0 Å². The number of rotatable bonds is 3. The van der Waals surface area contributed by atoms with Crippen LogP contribution in [0.25, 0.3) is 0 Å². The molecule has 2 rings (SSSR count). The summed E-state index contributed by atoms with van der Waals surface area (Å²) in [5.41, 5.74) is 2.42. The molecule has 0 bridgehead atoms. The van der Waals surface area contributed by atoms with Crippen molar-refractivity contribution in [2.45, 2.75) is 46.1 Å². The van der Waals surface area contributed by atoms with Crippen LogP contribution in [0, 0.1) is 18.8 Å². The third-order valence-electron chi connectivity index (χ3n) is 4.13. The molecule has 1 aromatic rings. The summed E-state index contributed by atoms with van der Waals surface area (Å²) in [6.45, 7) is 6.84. The number of ether oxygens (including phenoxy) is 1. The summed E-state index contributed by atoms with van der Waals surface area (Å²) in [6.07, 6.45) is 3.92. The third-order valence-corrected chi connectivity index (χ3v) is 4.13. The smallest absolute Gasteiger partial charge is 0.141 e. The molecule has 2 heteroatoms. The number of hydrogen-bond donors (Lipinski definition) is 1. The van der Waals surface area contributed by atoms with Gasteiger partial charge in [0.05, 0.1) is 12.8 Å². The molecule has 2 nitrogen and oxygen atoms in total. The van der Waals surface area contributed by atoms with Crippen molar-refractivity contribution < 1.29 is 4.74 Å². The lowest BCUT2D eigenvalue weighted by Gasteiger charge is -2.34. The van der Waals surface area contributed by atoms with Crippen LogP contribution in [0.3, 0.4) is 0 Å². The molecule has 18 heavy (non-hydrogen) atoms. The van der Waals surface area contributed by atoms with Gasteiger partial charge >= 0.3 is 0 Å². The number of hydrogen-bond acceptors (Lipinski definition) is 2. The lowest BCUT2D eigenvalue weighted by atomic mass is 9.80. The predicted octanol–water partition coefficient (Wildman–Crippen LogP) is 4.24. The van der Waals surface area contributed by atoms with Crippen LogP contribution in [0.5, 0.6) is 5.75 Å². The highest BCUT2D eigenvalue weighted by Gasteiger charge is 2.25. The standard InChI is InChI=1S/C16H25NO/c1-11-5-7-14(13(3)9-11)17-15-10-12(2)6-8-16(15)18-4/h6,8,10-11,13-14,17H,5,7,9H2,1-4H3. The molecule has 0 saturated heterocycles. The Kier molecular flexibility index (Phi) is 4.15. The zero-order chi connectivity index (χ0) is 13.1. The molecule has 0 aliphatic heterocycles. The summed E-state index contributed by atoms with van der Waals surface area (Å²) < 4.78 is 5.44. The van der Waals surface area contributed by atoms with Crippen molar-refractivity contribution in [2.24, 2.45) is 11.8 Å². The van der Waals surface area contributed by atoms with Gasteiger partial charge in [-0.1, -0.05) is 19.9 Å². The molecule has 3 atom stereocenters. The highest BCUT2D eigenvalue weighted by molar-refractivity contribution is 5.58. The summed E-state index contributed by atoms with van der Waals surface area (Å²) in [5, 5.41) is 3.69. The summed E-state index contributed by atoms with van der Waals surface area (Å²) in [7, 11) is 1.74. The Labute approximate surface area is 111 Å². The van der Waals surface area contributed by atoms with Crippen LogP contribution in [0.1, 0.15) is 38.7 Å². The number of methoxy groups -OCH3 is 1. The molecule has 0 spiro atoms. The normalized spacial score (nSPS) is 27.9. The minimum absolute atomic E-state index is 0.580. The number of aryl methyl sites for hydroxylation is 1. The molecule has 1 aliphatic rings. The van der Waals surface area contributed by atoms with Crippen LogP contribution < -0.4 is 10.1 Å². The SMILES string of the molecule is COc1ccc(C)cc1NC1CCC(C)CC1C. The van der Waals surface area contributed by atoms with E-state index in [0.717, 1.165) is 23.3 Å². The Bertz CT molecular complexity index is 402. The first-order valence-electron chi connectivity index (χ1n) is 7.01. The van der Waals surface area contributed by atoms with Crippen molar-refractivity contribution in [1.82, 2.24) is 0 Å². The summed E-state index contributed by atoms with van der Waals surface area (Å²) in [5.74, 6) is 2.56. The second kappa shape index (κ2) is 5.64. The second-order valence-electron chi connectivity index (χ2n) is 5.85. The summed E-state index contributed by atoms with van der Waals surface area (Å²) >= 11 is 0. The molecule has 1 aromatic carbocycles. The van der Waals surface area contributed by atoms with Crippen molar-refractivity contribution in [2.75, 3.05) is 12.4 Å². The first-order chi connectivity index (χ1) is 8.60. The van der Waals surface area contributed by atoms with Crippen LogP contribution in [0.15, 0.2) is 18.2 Å².